The van der Waals surface area contributed by atoms with Crippen LogP contribution in [0.2, 0.25) is 0 Å². The van der Waals surface area contributed by atoms with Crippen LogP contribution in [0.1, 0.15) is 0 Å². The third-order valence-corrected chi connectivity index (χ3v) is 3.19. The van der Waals surface area contributed by atoms with E-state index in [4.69, 9.17) is 0 Å². The molecule has 0 aliphatic carbocycles. The fraction of sp³-hybridized carbons (Fsp3) is 0. The van der Waals surface area contributed by atoms with E-state index in [0.717, 1.165) is 0 Å². The minimum atomic E-state index is -1.09. The standard InChI is InChI=1S/C6H8IN/c1-7-5-3-2-4-6-8-7/h2-6,8H,1H2. The van der Waals surface area contributed by atoms with E-state index in [-0.39, 0.29) is 0 Å². The third kappa shape index (κ3) is 1.69. The Bertz CT molecular complexity index is 195. The summed E-state index contributed by atoms with van der Waals surface area (Å²) in [5.74, 6) is 0. The number of allylic oxidation sites excluding steroid dienone is 3. The van der Waals surface area contributed by atoms with Gasteiger partial charge in [0.2, 0.25) is 0 Å². The summed E-state index contributed by atoms with van der Waals surface area (Å²) in [7, 11) is 0. The zero-order valence-corrected chi connectivity index (χ0v) is 6.63. The average molecular weight is 221 g/mol. The Labute approximate surface area is 55.8 Å². The summed E-state index contributed by atoms with van der Waals surface area (Å²) in [6, 6.07) is 0. The van der Waals surface area contributed by atoms with E-state index in [2.05, 4.69) is 12.1 Å². The van der Waals surface area contributed by atoms with Crippen LogP contribution < -0.4 is 3.53 Å². The molecule has 0 saturated heterocycles. The van der Waals surface area contributed by atoms with Gasteiger partial charge in [0.05, 0.1) is 0 Å². The maximum absolute atomic E-state index is 3.94. The Hall–Kier alpha value is -0.250. The summed E-state index contributed by atoms with van der Waals surface area (Å²) >= 11 is -1.09. The van der Waals surface area contributed by atoms with Crippen molar-refractivity contribution >= 4 is 27.7 Å². The van der Waals surface area contributed by atoms with E-state index in [0.29, 0.717) is 0 Å². The van der Waals surface area contributed by atoms with Crippen molar-refractivity contribution in [1.29, 1.82) is 0 Å². The first-order chi connectivity index (χ1) is 3.89. The molecular weight excluding hydrogens is 213 g/mol. The Morgan fingerprint density at radius 1 is 1.25 bits per heavy atom. The average Bonchev–Trinajstić information content (AvgIpc) is 1.94. The molecule has 0 unspecified atom stereocenters. The van der Waals surface area contributed by atoms with Gasteiger partial charge in [0.15, 0.2) is 0 Å². The second-order valence-corrected chi connectivity index (χ2v) is 4.98. The smallest absolute Gasteiger partial charge is 0.00502 e. The summed E-state index contributed by atoms with van der Waals surface area (Å²) < 4.78 is 9.29. The largest absolute Gasteiger partial charge is 0.345 e. The van der Waals surface area contributed by atoms with Gasteiger partial charge in [0, 0.05) is 6.20 Å². The molecule has 0 aromatic heterocycles. The molecule has 0 saturated carbocycles. The molecule has 1 aliphatic rings. The zero-order chi connectivity index (χ0) is 5.82. The lowest BCUT2D eigenvalue weighted by Gasteiger charge is -1.86. The monoisotopic (exact) mass is 221 g/mol. The molecule has 0 spiro atoms. The van der Waals surface area contributed by atoms with E-state index in [1.165, 1.54) is 0 Å². The van der Waals surface area contributed by atoms with Gasteiger partial charge >= 0.3 is 0 Å². The molecule has 0 atom stereocenters. The molecule has 44 valence electrons. The van der Waals surface area contributed by atoms with Crippen molar-refractivity contribution in [2.45, 2.75) is 0 Å². The Morgan fingerprint density at radius 2 is 2.12 bits per heavy atom. The molecule has 0 bridgehead atoms. The number of hydrogen-bond donors (Lipinski definition) is 1. The lowest BCUT2D eigenvalue weighted by Crippen LogP contribution is -1.82. The molecule has 0 aromatic carbocycles. The predicted molar refractivity (Wildman–Crippen MR) is 48.6 cm³/mol. The Morgan fingerprint density at radius 3 is 3.00 bits per heavy atom. The van der Waals surface area contributed by atoms with Crippen molar-refractivity contribution in [1.82, 2.24) is 3.53 Å². The SMILES string of the molecule is C=I1=CC=CC=CN1. The highest BCUT2D eigenvalue weighted by molar-refractivity contribution is 14.2. The minimum Gasteiger partial charge on any atom is -0.345 e. The summed E-state index contributed by atoms with van der Waals surface area (Å²) in [5.41, 5.74) is 0. The molecule has 2 heteroatoms. The number of hydrogen-bond acceptors (Lipinski definition) is 1. The Kier molecular flexibility index (Phi) is 2.14. The maximum Gasteiger partial charge on any atom is 0.00502 e. The van der Waals surface area contributed by atoms with Gasteiger partial charge in [0.25, 0.3) is 0 Å². The molecule has 0 fully saturated rings. The van der Waals surface area contributed by atoms with Crippen LogP contribution in [0.15, 0.2) is 24.4 Å². The molecule has 1 nitrogen and oxygen atoms in total. The first-order valence-corrected chi connectivity index (χ1v) is 6.15. The van der Waals surface area contributed by atoms with E-state index in [1.807, 2.05) is 24.4 Å². The highest BCUT2D eigenvalue weighted by Gasteiger charge is 1.72. The lowest BCUT2D eigenvalue weighted by molar-refractivity contribution is 1.50. The molecule has 1 heterocycles. The van der Waals surface area contributed by atoms with Crippen molar-refractivity contribution in [3.8, 4) is 0 Å². The highest BCUT2D eigenvalue weighted by Crippen LogP contribution is 1.99. The summed E-state index contributed by atoms with van der Waals surface area (Å²) in [5, 5.41) is 0. The summed E-state index contributed by atoms with van der Waals surface area (Å²) in [4.78, 5) is 0. The molecule has 1 rings (SSSR count). The third-order valence-electron chi connectivity index (χ3n) is 0.746. The fourth-order valence-electron chi connectivity index (χ4n) is 0.403. The topological polar surface area (TPSA) is 12.0 Å². The van der Waals surface area contributed by atoms with Gasteiger partial charge in [-0.3, -0.25) is 0 Å². The van der Waals surface area contributed by atoms with E-state index in [9.17, 15) is 0 Å². The summed E-state index contributed by atoms with van der Waals surface area (Å²) in [6.45, 7) is 0. The second kappa shape index (κ2) is 2.91. The van der Waals surface area contributed by atoms with Gasteiger partial charge in [-0.25, -0.2) is 0 Å². The molecule has 0 radical (unpaired) electrons. The van der Waals surface area contributed by atoms with Crippen LogP contribution in [0.3, 0.4) is 0 Å². The van der Waals surface area contributed by atoms with Gasteiger partial charge < -0.3 is 3.53 Å². The van der Waals surface area contributed by atoms with E-state index in [1.54, 1.807) is 0 Å². The van der Waals surface area contributed by atoms with E-state index < -0.39 is 19.1 Å². The van der Waals surface area contributed by atoms with Crippen LogP contribution >= 0.6 is 19.1 Å². The van der Waals surface area contributed by atoms with Crippen LogP contribution in [-0.2, 0) is 0 Å². The lowest BCUT2D eigenvalue weighted by atomic mass is 10.5. The maximum atomic E-state index is 3.94. The Balaban J connectivity index is 2.84. The van der Waals surface area contributed by atoms with Gasteiger partial charge in [-0.2, -0.15) is 0 Å². The first kappa shape index (κ1) is 5.88. The van der Waals surface area contributed by atoms with Crippen molar-refractivity contribution in [2.75, 3.05) is 0 Å². The zero-order valence-electron chi connectivity index (χ0n) is 4.47. The molecule has 1 aliphatic heterocycles. The van der Waals surface area contributed by atoms with Crippen LogP contribution in [0, 0.1) is 0 Å². The van der Waals surface area contributed by atoms with Gasteiger partial charge in [-0.15, -0.1) is 0 Å². The van der Waals surface area contributed by atoms with Crippen molar-refractivity contribution in [3.63, 3.8) is 0 Å². The van der Waals surface area contributed by atoms with Crippen LogP contribution in [0.25, 0.3) is 0 Å². The van der Waals surface area contributed by atoms with Gasteiger partial charge in [-0.1, -0.05) is 35.8 Å². The van der Waals surface area contributed by atoms with Gasteiger partial charge in [-0.05, 0) is 10.1 Å². The normalized spacial score (nSPS) is 19.0. The molecule has 0 amide bonds. The van der Waals surface area contributed by atoms with Crippen molar-refractivity contribution in [3.05, 3.63) is 24.4 Å². The second-order valence-electron chi connectivity index (χ2n) is 1.38. The predicted octanol–water partition coefficient (Wildman–Crippen LogP) is 1.32. The van der Waals surface area contributed by atoms with Crippen LogP contribution in [0.5, 0.6) is 0 Å². The fourth-order valence-corrected chi connectivity index (χ4v) is 2.02. The number of halogens is 1. The van der Waals surface area contributed by atoms with Crippen molar-refractivity contribution in [2.24, 2.45) is 0 Å². The van der Waals surface area contributed by atoms with Crippen LogP contribution in [-0.4, -0.2) is 8.53 Å². The molecule has 8 heavy (non-hydrogen) atoms. The minimum absolute atomic E-state index is 1.09. The van der Waals surface area contributed by atoms with E-state index >= 15 is 0 Å². The number of nitrogens with one attached hydrogen (secondary N) is 1. The quantitative estimate of drug-likeness (QED) is 0.480. The molecule has 1 N–H and O–H groups in total. The molecule has 0 aromatic rings. The first-order valence-electron chi connectivity index (χ1n) is 2.30. The molecular formula is C6H8IN. The van der Waals surface area contributed by atoms with Gasteiger partial charge in [0.1, 0.15) is 0 Å². The number of rotatable bonds is 0. The summed E-state index contributed by atoms with van der Waals surface area (Å²) in [6.07, 6.45) is 8.00. The van der Waals surface area contributed by atoms with Crippen molar-refractivity contribution < 1.29 is 0 Å². The highest BCUT2D eigenvalue weighted by atomic mass is 127. The van der Waals surface area contributed by atoms with Crippen LogP contribution in [0.4, 0.5) is 0 Å².